The molecule has 0 saturated heterocycles. The van der Waals surface area contributed by atoms with Crippen LogP contribution >= 0.6 is 0 Å². The predicted molar refractivity (Wildman–Crippen MR) is 112 cm³/mol. The average Bonchev–Trinajstić information content (AvgIpc) is 3.44. The number of para-hydroxylation sites is 2. The summed E-state index contributed by atoms with van der Waals surface area (Å²) in [5.74, 6) is 0.238. The number of aromatic nitrogens is 3. The second-order valence-electron chi connectivity index (χ2n) is 7.93. The number of fused-ring (bicyclic) bond motifs is 1. The van der Waals surface area contributed by atoms with Gasteiger partial charge in [0, 0.05) is 12.2 Å². The number of H-pyrrole nitrogens is 1. The fraction of sp³-hybridized carbons (Fsp3) is 0.364. The van der Waals surface area contributed by atoms with E-state index >= 15 is 0 Å². The first-order chi connectivity index (χ1) is 14.6. The first-order valence-corrected chi connectivity index (χ1v) is 10.3. The molecule has 3 aromatic rings. The van der Waals surface area contributed by atoms with Crippen molar-refractivity contribution in [2.45, 2.75) is 50.7 Å². The fourth-order valence-corrected chi connectivity index (χ4v) is 3.99. The number of pyridine rings is 1. The van der Waals surface area contributed by atoms with Crippen LogP contribution in [0.15, 0.2) is 46.1 Å². The average molecular weight is 406 g/mol. The third kappa shape index (κ3) is 3.49. The monoisotopic (exact) mass is 406 g/mol. The van der Waals surface area contributed by atoms with Gasteiger partial charge in [0.05, 0.1) is 22.7 Å². The normalized spacial score (nSPS) is 16.7. The predicted octanol–water partition coefficient (Wildman–Crippen LogP) is 2.99. The maximum absolute atomic E-state index is 12.9. The lowest BCUT2D eigenvalue weighted by atomic mass is 10.2. The summed E-state index contributed by atoms with van der Waals surface area (Å²) in [6.45, 7) is 0. The minimum absolute atomic E-state index is 0.0589. The molecule has 2 saturated carbocycles. The van der Waals surface area contributed by atoms with E-state index in [9.17, 15) is 14.4 Å². The van der Waals surface area contributed by atoms with Crippen LogP contribution < -0.4 is 21.3 Å². The van der Waals surface area contributed by atoms with E-state index in [1.54, 1.807) is 6.07 Å². The minimum atomic E-state index is -0.543. The summed E-state index contributed by atoms with van der Waals surface area (Å²) >= 11 is 0. The zero-order chi connectivity index (χ0) is 20.7. The number of anilines is 1. The summed E-state index contributed by atoms with van der Waals surface area (Å²) in [7, 11) is 0. The molecule has 8 nitrogen and oxygen atoms in total. The lowest BCUT2D eigenvalue weighted by Gasteiger charge is -2.17. The number of ether oxygens (including phenoxy) is 1. The van der Waals surface area contributed by atoms with Crippen molar-refractivity contribution in [1.82, 2.24) is 14.5 Å². The number of nitrogens with one attached hydrogen (secondary N) is 2. The number of benzene rings is 1. The van der Waals surface area contributed by atoms with Gasteiger partial charge >= 0.3 is 5.69 Å². The topological polar surface area (TPSA) is 106 Å². The smallest absolute Gasteiger partial charge is 0.330 e. The van der Waals surface area contributed by atoms with Gasteiger partial charge in [0.2, 0.25) is 0 Å². The van der Waals surface area contributed by atoms with Crippen molar-refractivity contribution >= 4 is 22.6 Å². The van der Waals surface area contributed by atoms with E-state index in [0.29, 0.717) is 17.1 Å². The summed E-state index contributed by atoms with van der Waals surface area (Å²) in [5, 5.41) is 3.09. The van der Waals surface area contributed by atoms with Crippen molar-refractivity contribution in [2.75, 3.05) is 5.32 Å². The highest BCUT2D eigenvalue weighted by Gasteiger charge is 2.28. The van der Waals surface area contributed by atoms with Crippen LogP contribution in [0.1, 0.15) is 54.9 Å². The molecule has 8 heteroatoms. The molecule has 2 N–H and O–H groups in total. The molecule has 0 radical (unpaired) electrons. The zero-order valence-corrected chi connectivity index (χ0v) is 16.4. The van der Waals surface area contributed by atoms with Crippen LogP contribution in [-0.2, 0) is 0 Å². The Morgan fingerprint density at radius 1 is 1.13 bits per heavy atom. The first kappa shape index (κ1) is 18.6. The van der Waals surface area contributed by atoms with Gasteiger partial charge in [-0.25, -0.2) is 9.78 Å². The van der Waals surface area contributed by atoms with E-state index in [0.717, 1.165) is 38.5 Å². The number of nitrogens with zero attached hydrogens (tertiary/aromatic N) is 2. The van der Waals surface area contributed by atoms with Crippen molar-refractivity contribution in [3.05, 3.63) is 62.9 Å². The molecule has 2 heterocycles. The lowest BCUT2D eigenvalue weighted by Crippen LogP contribution is -2.30. The SMILES string of the molecule is O=C(Nc1ccccc1OC1CCCC1)c1cnc2c(c1)c(=O)[nH]c(=O)n2C1CC1. The second-order valence-corrected chi connectivity index (χ2v) is 7.93. The molecule has 5 rings (SSSR count). The first-order valence-electron chi connectivity index (χ1n) is 10.3. The van der Waals surface area contributed by atoms with E-state index in [-0.39, 0.29) is 23.1 Å². The van der Waals surface area contributed by atoms with E-state index < -0.39 is 17.2 Å². The second kappa shape index (κ2) is 7.44. The molecular weight excluding hydrogens is 384 g/mol. The van der Waals surface area contributed by atoms with E-state index in [1.807, 2.05) is 18.2 Å². The minimum Gasteiger partial charge on any atom is -0.488 e. The van der Waals surface area contributed by atoms with Crippen molar-refractivity contribution in [3.63, 3.8) is 0 Å². The summed E-state index contributed by atoms with van der Waals surface area (Å²) in [5.41, 5.74) is 0.125. The number of hydrogen-bond acceptors (Lipinski definition) is 5. The molecule has 0 aliphatic heterocycles. The Balaban J connectivity index is 1.44. The third-order valence-corrected chi connectivity index (χ3v) is 5.68. The highest BCUT2D eigenvalue weighted by Crippen LogP contribution is 2.35. The molecule has 2 aromatic heterocycles. The highest BCUT2D eigenvalue weighted by molar-refractivity contribution is 6.06. The van der Waals surface area contributed by atoms with Gasteiger partial charge in [-0.15, -0.1) is 0 Å². The summed E-state index contributed by atoms with van der Waals surface area (Å²) in [6, 6.07) is 8.86. The van der Waals surface area contributed by atoms with Gasteiger partial charge in [-0.2, -0.15) is 0 Å². The lowest BCUT2D eigenvalue weighted by molar-refractivity contribution is 0.102. The molecule has 0 bridgehead atoms. The van der Waals surface area contributed by atoms with Crippen molar-refractivity contribution in [1.29, 1.82) is 0 Å². The van der Waals surface area contributed by atoms with Crippen LogP contribution in [-0.4, -0.2) is 26.5 Å². The molecular formula is C22H22N4O4. The quantitative estimate of drug-likeness (QED) is 0.678. The van der Waals surface area contributed by atoms with Crippen molar-refractivity contribution in [2.24, 2.45) is 0 Å². The Kier molecular flexibility index (Phi) is 4.61. The number of amides is 1. The number of hydrogen-bond donors (Lipinski definition) is 2. The molecule has 0 unspecified atom stereocenters. The maximum atomic E-state index is 12.9. The van der Waals surface area contributed by atoms with E-state index in [1.165, 1.54) is 16.8 Å². The van der Waals surface area contributed by atoms with E-state index in [2.05, 4.69) is 15.3 Å². The molecule has 2 aliphatic carbocycles. The van der Waals surface area contributed by atoms with Crippen LogP contribution in [0.25, 0.3) is 11.0 Å². The van der Waals surface area contributed by atoms with Gasteiger partial charge in [-0.3, -0.25) is 19.1 Å². The van der Waals surface area contributed by atoms with Gasteiger partial charge < -0.3 is 10.1 Å². The summed E-state index contributed by atoms with van der Waals surface area (Å²) < 4.78 is 7.57. The van der Waals surface area contributed by atoms with Crippen molar-refractivity contribution < 1.29 is 9.53 Å². The highest BCUT2D eigenvalue weighted by atomic mass is 16.5. The molecule has 30 heavy (non-hydrogen) atoms. The maximum Gasteiger partial charge on any atom is 0.330 e. The Morgan fingerprint density at radius 2 is 1.90 bits per heavy atom. The Bertz CT molecular complexity index is 1240. The fourth-order valence-electron chi connectivity index (χ4n) is 3.99. The number of carbonyl (C=O) groups excluding carboxylic acids is 1. The van der Waals surface area contributed by atoms with Crippen LogP contribution in [0.5, 0.6) is 5.75 Å². The number of rotatable bonds is 5. The van der Waals surface area contributed by atoms with E-state index in [4.69, 9.17) is 4.74 Å². The van der Waals surface area contributed by atoms with Crippen LogP contribution in [0.2, 0.25) is 0 Å². The van der Waals surface area contributed by atoms with Gasteiger partial charge in [-0.05, 0) is 56.7 Å². The molecule has 2 fully saturated rings. The van der Waals surface area contributed by atoms with Crippen LogP contribution in [0.3, 0.4) is 0 Å². The van der Waals surface area contributed by atoms with Gasteiger partial charge in [0.1, 0.15) is 11.4 Å². The molecule has 154 valence electrons. The van der Waals surface area contributed by atoms with Crippen LogP contribution in [0.4, 0.5) is 5.69 Å². The van der Waals surface area contributed by atoms with Gasteiger partial charge in [-0.1, -0.05) is 12.1 Å². The van der Waals surface area contributed by atoms with Crippen LogP contribution in [0, 0.1) is 0 Å². The third-order valence-electron chi connectivity index (χ3n) is 5.68. The van der Waals surface area contributed by atoms with Crippen molar-refractivity contribution in [3.8, 4) is 5.75 Å². The standard InChI is InChI=1S/C22H22N4O4/c27-20(24-17-7-3-4-8-18(17)30-15-5-1-2-6-15)13-11-16-19(23-12-13)26(14-9-10-14)22(29)25-21(16)28/h3-4,7-8,11-12,14-15H,1-2,5-6,9-10H2,(H,24,27)(H,25,28,29). The Labute approximate surface area is 171 Å². The molecule has 0 atom stereocenters. The molecule has 1 amide bonds. The largest absolute Gasteiger partial charge is 0.488 e. The number of carbonyl (C=O) groups is 1. The molecule has 0 spiro atoms. The Hall–Kier alpha value is -3.42. The Morgan fingerprint density at radius 3 is 2.67 bits per heavy atom. The zero-order valence-electron chi connectivity index (χ0n) is 16.4. The van der Waals surface area contributed by atoms with Gasteiger partial charge in [0.15, 0.2) is 0 Å². The molecule has 1 aromatic carbocycles. The summed E-state index contributed by atoms with van der Waals surface area (Å²) in [6.07, 6.45) is 7.67. The van der Waals surface area contributed by atoms with Gasteiger partial charge in [0.25, 0.3) is 11.5 Å². The number of aromatic amines is 1. The molecule has 2 aliphatic rings. The summed E-state index contributed by atoms with van der Waals surface area (Å²) in [4.78, 5) is 43.9.